The summed E-state index contributed by atoms with van der Waals surface area (Å²) in [7, 11) is 0. The van der Waals surface area contributed by atoms with Crippen molar-refractivity contribution in [2.45, 2.75) is 31.8 Å². The zero-order valence-electron chi connectivity index (χ0n) is 9.79. The first-order chi connectivity index (χ1) is 7.55. The van der Waals surface area contributed by atoms with Crippen LogP contribution in [-0.4, -0.2) is 24.8 Å². The average molecular weight is 284 g/mol. The first-order valence-electron chi connectivity index (χ1n) is 5.65. The minimum atomic E-state index is 0.0922. The normalized spacial score (nSPS) is 24.3. The molecule has 2 rings (SSSR count). The summed E-state index contributed by atoms with van der Waals surface area (Å²) in [5.41, 5.74) is 1.43. The number of halogens is 1. The number of ether oxygens (including phenoxy) is 1. The highest BCUT2D eigenvalue weighted by atomic mass is 79.9. The second kappa shape index (κ2) is 4.86. The second-order valence-corrected chi connectivity index (χ2v) is 5.99. The van der Waals surface area contributed by atoms with Gasteiger partial charge in [0.05, 0.1) is 13.2 Å². The Balaban J connectivity index is 1.99. The Kier molecular flexibility index (Phi) is 3.67. The van der Waals surface area contributed by atoms with Crippen LogP contribution < -0.4 is 5.32 Å². The van der Waals surface area contributed by atoms with Crippen molar-refractivity contribution in [3.63, 3.8) is 0 Å². The highest BCUT2D eigenvalue weighted by Gasteiger charge is 2.27. The lowest BCUT2D eigenvalue weighted by Gasteiger charge is -2.37. The summed E-state index contributed by atoms with van der Waals surface area (Å²) in [4.78, 5) is 0. The molecule has 1 atom stereocenters. The minimum Gasteiger partial charge on any atom is -0.378 e. The zero-order chi connectivity index (χ0) is 11.6. The van der Waals surface area contributed by atoms with Crippen LogP contribution >= 0.6 is 15.9 Å². The van der Waals surface area contributed by atoms with Crippen LogP contribution in [-0.2, 0) is 11.2 Å². The Morgan fingerprint density at radius 1 is 1.50 bits per heavy atom. The molecule has 0 radical (unpaired) electrons. The average Bonchev–Trinajstić information content (AvgIpc) is 2.15. The molecule has 2 nitrogen and oxygen atoms in total. The van der Waals surface area contributed by atoms with E-state index < -0.39 is 0 Å². The molecular weight excluding hydrogens is 266 g/mol. The molecule has 1 aromatic carbocycles. The fourth-order valence-electron chi connectivity index (χ4n) is 2.15. The van der Waals surface area contributed by atoms with Gasteiger partial charge in [-0.05, 0) is 38.0 Å². The maximum absolute atomic E-state index is 5.63. The molecule has 0 saturated carbocycles. The first-order valence-corrected chi connectivity index (χ1v) is 6.44. The van der Waals surface area contributed by atoms with Gasteiger partial charge in [0.1, 0.15) is 0 Å². The summed E-state index contributed by atoms with van der Waals surface area (Å²) < 4.78 is 6.77. The van der Waals surface area contributed by atoms with E-state index in [1.807, 2.05) is 0 Å². The van der Waals surface area contributed by atoms with Crippen LogP contribution in [0.2, 0.25) is 0 Å². The van der Waals surface area contributed by atoms with E-state index in [4.69, 9.17) is 4.74 Å². The molecule has 1 aliphatic heterocycles. The largest absolute Gasteiger partial charge is 0.378 e. The van der Waals surface area contributed by atoms with Crippen LogP contribution in [0.25, 0.3) is 0 Å². The van der Waals surface area contributed by atoms with Crippen molar-refractivity contribution in [3.8, 4) is 0 Å². The Morgan fingerprint density at radius 3 is 3.00 bits per heavy atom. The predicted octanol–water partition coefficient (Wildman–Crippen LogP) is 2.76. The lowest BCUT2D eigenvalue weighted by Crippen LogP contribution is -2.56. The van der Waals surface area contributed by atoms with Gasteiger partial charge in [-0.3, -0.25) is 0 Å². The van der Waals surface area contributed by atoms with Gasteiger partial charge < -0.3 is 10.1 Å². The maximum Gasteiger partial charge on any atom is 0.0643 e. The van der Waals surface area contributed by atoms with E-state index in [1.54, 1.807) is 0 Å². The molecule has 0 amide bonds. The molecule has 16 heavy (non-hydrogen) atoms. The van der Waals surface area contributed by atoms with Crippen molar-refractivity contribution in [2.24, 2.45) is 0 Å². The number of benzene rings is 1. The van der Waals surface area contributed by atoms with Crippen molar-refractivity contribution in [2.75, 3.05) is 13.2 Å². The van der Waals surface area contributed by atoms with Gasteiger partial charge in [-0.2, -0.15) is 0 Å². The molecule has 3 heteroatoms. The van der Waals surface area contributed by atoms with E-state index in [1.165, 1.54) is 5.56 Å². The lowest BCUT2D eigenvalue weighted by atomic mass is 9.99. The number of hydrogen-bond acceptors (Lipinski definition) is 2. The van der Waals surface area contributed by atoms with E-state index in [-0.39, 0.29) is 5.54 Å². The van der Waals surface area contributed by atoms with Crippen molar-refractivity contribution >= 4 is 15.9 Å². The smallest absolute Gasteiger partial charge is 0.0643 e. The molecule has 0 bridgehead atoms. The lowest BCUT2D eigenvalue weighted by molar-refractivity contribution is 0.0135. The molecule has 1 aromatic rings. The molecule has 0 aliphatic carbocycles. The van der Waals surface area contributed by atoms with Crippen LogP contribution in [0, 0.1) is 0 Å². The molecule has 1 N–H and O–H groups in total. The standard InChI is InChI=1S/C13H18BrNO/c1-13(2)9-16-8-12(15-13)7-10-4-3-5-11(14)6-10/h3-6,12,15H,7-9H2,1-2H3. The van der Waals surface area contributed by atoms with Crippen molar-refractivity contribution < 1.29 is 4.74 Å². The monoisotopic (exact) mass is 283 g/mol. The van der Waals surface area contributed by atoms with Crippen molar-refractivity contribution in [1.29, 1.82) is 0 Å². The fourth-order valence-corrected chi connectivity index (χ4v) is 2.60. The fraction of sp³-hybridized carbons (Fsp3) is 0.538. The highest BCUT2D eigenvalue weighted by Crippen LogP contribution is 2.17. The molecule has 1 aliphatic rings. The summed E-state index contributed by atoms with van der Waals surface area (Å²) in [5, 5.41) is 3.62. The van der Waals surface area contributed by atoms with Gasteiger partial charge in [-0.25, -0.2) is 0 Å². The first kappa shape index (κ1) is 12.1. The zero-order valence-corrected chi connectivity index (χ0v) is 11.4. The van der Waals surface area contributed by atoms with Gasteiger partial charge in [0.2, 0.25) is 0 Å². The van der Waals surface area contributed by atoms with E-state index in [0.717, 1.165) is 24.1 Å². The van der Waals surface area contributed by atoms with Crippen LogP contribution in [0.5, 0.6) is 0 Å². The molecule has 1 unspecified atom stereocenters. The third kappa shape index (κ3) is 3.30. The molecule has 0 spiro atoms. The topological polar surface area (TPSA) is 21.3 Å². The number of rotatable bonds is 2. The molecule has 1 saturated heterocycles. The third-order valence-corrected chi connectivity index (χ3v) is 3.24. The Labute approximate surface area is 106 Å². The van der Waals surface area contributed by atoms with Gasteiger partial charge >= 0.3 is 0 Å². The van der Waals surface area contributed by atoms with E-state index >= 15 is 0 Å². The molecule has 1 heterocycles. The molecule has 88 valence electrons. The summed E-state index contributed by atoms with van der Waals surface area (Å²) >= 11 is 3.50. The van der Waals surface area contributed by atoms with Crippen molar-refractivity contribution in [1.82, 2.24) is 5.32 Å². The SMILES string of the molecule is CC1(C)COCC(Cc2cccc(Br)c2)N1. The molecule has 1 fully saturated rings. The minimum absolute atomic E-state index is 0.0922. The van der Waals surface area contributed by atoms with Gasteiger partial charge in [0.25, 0.3) is 0 Å². The van der Waals surface area contributed by atoms with Gasteiger partial charge in [-0.15, -0.1) is 0 Å². The highest BCUT2D eigenvalue weighted by molar-refractivity contribution is 9.10. The van der Waals surface area contributed by atoms with Crippen molar-refractivity contribution in [3.05, 3.63) is 34.3 Å². The number of hydrogen-bond donors (Lipinski definition) is 1. The number of morpholine rings is 1. The second-order valence-electron chi connectivity index (χ2n) is 5.07. The Bertz CT molecular complexity index is 365. The van der Waals surface area contributed by atoms with Gasteiger partial charge in [0, 0.05) is 16.1 Å². The Morgan fingerprint density at radius 2 is 2.31 bits per heavy atom. The van der Waals surface area contributed by atoms with Crippen LogP contribution in [0.15, 0.2) is 28.7 Å². The molecule has 0 aromatic heterocycles. The maximum atomic E-state index is 5.63. The summed E-state index contributed by atoms with van der Waals surface area (Å²) in [6.07, 6.45) is 1.02. The quantitative estimate of drug-likeness (QED) is 0.901. The summed E-state index contributed by atoms with van der Waals surface area (Å²) in [5.74, 6) is 0. The predicted molar refractivity (Wildman–Crippen MR) is 69.7 cm³/mol. The summed E-state index contributed by atoms with van der Waals surface area (Å²) in [6, 6.07) is 8.88. The Hall–Kier alpha value is -0.380. The van der Waals surface area contributed by atoms with E-state index in [9.17, 15) is 0 Å². The van der Waals surface area contributed by atoms with Gasteiger partial charge in [0.15, 0.2) is 0 Å². The van der Waals surface area contributed by atoms with E-state index in [0.29, 0.717) is 6.04 Å². The van der Waals surface area contributed by atoms with Crippen LogP contribution in [0.1, 0.15) is 19.4 Å². The van der Waals surface area contributed by atoms with E-state index in [2.05, 4.69) is 59.4 Å². The third-order valence-electron chi connectivity index (χ3n) is 2.75. The van der Waals surface area contributed by atoms with Crippen LogP contribution in [0.4, 0.5) is 0 Å². The van der Waals surface area contributed by atoms with Gasteiger partial charge in [-0.1, -0.05) is 28.1 Å². The van der Waals surface area contributed by atoms with Crippen LogP contribution in [0.3, 0.4) is 0 Å². The number of nitrogens with one attached hydrogen (secondary N) is 1. The summed E-state index contributed by atoms with van der Waals surface area (Å²) in [6.45, 7) is 5.96. The molecular formula is C13H18BrNO.